The Morgan fingerprint density at radius 3 is 2.59 bits per heavy atom. The van der Waals surface area contributed by atoms with Crippen molar-refractivity contribution in [3.05, 3.63) is 50.6 Å². The number of imide groups is 1. The van der Waals surface area contributed by atoms with Gasteiger partial charge in [-0.25, -0.2) is 14.4 Å². The summed E-state index contributed by atoms with van der Waals surface area (Å²) in [5.41, 5.74) is 0.612. The first-order valence-corrected chi connectivity index (χ1v) is 11.0. The average Bonchev–Trinajstić information content (AvgIpc) is 3.38. The van der Waals surface area contributed by atoms with Crippen molar-refractivity contribution in [3.8, 4) is 11.5 Å². The molecule has 1 fully saturated rings. The standard InChI is InChI=1S/C22H21IN2O9/c1-4-32-17-9-12(7-14(23)19(17)33-11-18(26)30-2)8-15-20(27)25(22(29)24-15)10-13-5-6-16(34-13)21(28)31-3/h5-9H,4,10-11H2,1-3H3,(H,24,29)/b15-8-. The third kappa shape index (κ3) is 5.68. The minimum absolute atomic E-state index is 0.0344. The Kier molecular flexibility index (Phi) is 8.15. The highest BCUT2D eigenvalue weighted by Gasteiger charge is 2.34. The van der Waals surface area contributed by atoms with E-state index in [0.717, 1.165) is 4.90 Å². The van der Waals surface area contributed by atoms with Crippen LogP contribution >= 0.6 is 22.6 Å². The second kappa shape index (κ2) is 11.0. The van der Waals surface area contributed by atoms with Gasteiger partial charge in [-0.15, -0.1) is 0 Å². The lowest BCUT2D eigenvalue weighted by Gasteiger charge is -2.14. The molecule has 11 nitrogen and oxygen atoms in total. The molecule has 1 saturated heterocycles. The maximum Gasteiger partial charge on any atom is 0.373 e. The molecular formula is C22H21IN2O9. The second-order valence-electron chi connectivity index (χ2n) is 6.76. The maximum atomic E-state index is 12.8. The monoisotopic (exact) mass is 584 g/mol. The molecular weight excluding hydrogens is 563 g/mol. The summed E-state index contributed by atoms with van der Waals surface area (Å²) in [5.74, 6) is -0.845. The Bertz CT molecular complexity index is 1160. The van der Waals surface area contributed by atoms with Crippen LogP contribution in [0, 0.1) is 3.57 Å². The van der Waals surface area contributed by atoms with Crippen molar-refractivity contribution < 1.29 is 42.5 Å². The van der Waals surface area contributed by atoms with Gasteiger partial charge in [0.05, 0.1) is 30.9 Å². The molecule has 0 radical (unpaired) electrons. The lowest BCUT2D eigenvalue weighted by atomic mass is 10.1. The third-order valence-corrected chi connectivity index (χ3v) is 5.33. The number of ether oxygens (including phenoxy) is 4. The molecule has 0 atom stereocenters. The highest BCUT2D eigenvalue weighted by Crippen LogP contribution is 2.35. The topological polar surface area (TPSA) is 134 Å². The van der Waals surface area contributed by atoms with Crippen LogP contribution in [0.25, 0.3) is 6.08 Å². The number of urea groups is 1. The van der Waals surface area contributed by atoms with Crippen LogP contribution in [0.5, 0.6) is 11.5 Å². The van der Waals surface area contributed by atoms with Crippen molar-refractivity contribution in [1.29, 1.82) is 0 Å². The number of amides is 3. The highest BCUT2D eigenvalue weighted by atomic mass is 127. The fourth-order valence-electron chi connectivity index (χ4n) is 2.98. The SMILES string of the molecule is CCOc1cc(/C=C2\NC(=O)N(Cc3ccc(C(=O)OC)o3)C2=O)cc(I)c1OCC(=O)OC. The zero-order valence-corrected chi connectivity index (χ0v) is 20.7. The van der Waals surface area contributed by atoms with Gasteiger partial charge >= 0.3 is 18.0 Å². The quantitative estimate of drug-likeness (QED) is 0.205. The summed E-state index contributed by atoms with van der Waals surface area (Å²) in [7, 11) is 2.48. The number of benzene rings is 1. The van der Waals surface area contributed by atoms with E-state index in [1.54, 1.807) is 19.1 Å². The molecule has 3 amide bonds. The zero-order valence-electron chi connectivity index (χ0n) is 18.5. The molecule has 0 bridgehead atoms. The molecule has 1 N–H and O–H groups in total. The van der Waals surface area contributed by atoms with E-state index in [-0.39, 0.29) is 30.4 Å². The number of furan rings is 1. The van der Waals surface area contributed by atoms with Gasteiger partial charge in [0, 0.05) is 0 Å². The van der Waals surface area contributed by atoms with Crippen molar-refractivity contribution in [2.45, 2.75) is 13.5 Å². The van der Waals surface area contributed by atoms with E-state index < -0.39 is 23.9 Å². The summed E-state index contributed by atoms with van der Waals surface area (Å²) in [5, 5.41) is 2.53. The Morgan fingerprint density at radius 1 is 1.15 bits per heavy atom. The van der Waals surface area contributed by atoms with Gasteiger partial charge in [-0.1, -0.05) is 0 Å². The smallest absolute Gasteiger partial charge is 0.373 e. The first-order valence-electron chi connectivity index (χ1n) is 9.94. The number of methoxy groups -OCH3 is 2. The van der Waals surface area contributed by atoms with Gasteiger partial charge in [-0.2, -0.15) is 0 Å². The zero-order chi connectivity index (χ0) is 24.8. The first-order chi connectivity index (χ1) is 16.3. The van der Waals surface area contributed by atoms with E-state index >= 15 is 0 Å². The van der Waals surface area contributed by atoms with Crippen molar-refractivity contribution in [3.63, 3.8) is 0 Å². The number of halogens is 1. The van der Waals surface area contributed by atoms with Crippen molar-refractivity contribution >= 4 is 52.5 Å². The minimum atomic E-state index is -0.664. The van der Waals surface area contributed by atoms with Crippen LogP contribution in [0.4, 0.5) is 4.79 Å². The second-order valence-corrected chi connectivity index (χ2v) is 7.93. The van der Waals surface area contributed by atoms with Crippen molar-refractivity contribution in [2.24, 2.45) is 0 Å². The Hall–Kier alpha value is -3.55. The molecule has 3 rings (SSSR count). The van der Waals surface area contributed by atoms with Crippen LogP contribution < -0.4 is 14.8 Å². The van der Waals surface area contributed by atoms with E-state index in [0.29, 0.717) is 27.2 Å². The number of nitrogens with one attached hydrogen (secondary N) is 1. The molecule has 1 aromatic carbocycles. The molecule has 0 spiro atoms. The van der Waals surface area contributed by atoms with Crippen LogP contribution in [0.1, 0.15) is 28.8 Å². The largest absolute Gasteiger partial charge is 0.490 e. The summed E-state index contributed by atoms with van der Waals surface area (Å²) < 4.78 is 26.3. The van der Waals surface area contributed by atoms with Gasteiger partial charge < -0.3 is 28.7 Å². The number of hydrogen-bond donors (Lipinski definition) is 1. The molecule has 1 aliphatic rings. The van der Waals surface area contributed by atoms with Crippen LogP contribution in [0.2, 0.25) is 0 Å². The molecule has 12 heteroatoms. The molecule has 0 unspecified atom stereocenters. The summed E-state index contributed by atoms with van der Waals surface area (Å²) in [6, 6.07) is 5.59. The molecule has 180 valence electrons. The summed E-state index contributed by atoms with van der Waals surface area (Å²) in [6.45, 7) is 1.67. The summed E-state index contributed by atoms with van der Waals surface area (Å²) in [4.78, 5) is 49.1. The molecule has 2 heterocycles. The fraction of sp³-hybridized carbons (Fsp3) is 0.273. The molecule has 2 aromatic rings. The lowest BCUT2D eigenvalue weighted by Crippen LogP contribution is -2.30. The van der Waals surface area contributed by atoms with E-state index in [9.17, 15) is 19.2 Å². The van der Waals surface area contributed by atoms with Crippen molar-refractivity contribution in [2.75, 3.05) is 27.4 Å². The Morgan fingerprint density at radius 2 is 1.91 bits per heavy atom. The fourth-order valence-corrected chi connectivity index (χ4v) is 3.76. The predicted octanol–water partition coefficient (Wildman–Crippen LogP) is 2.71. The molecule has 0 aliphatic carbocycles. The number of nitrogens with zero attached hydrogens (tertiary/aromatic N) is 1. The van der Waals surface area contributed by atoms with Crippen LogP contribution in [0.3, 0.4) is 0 Å². The van der Waals surface area contributed by atoms with E-state index in [1.165, 1.54) is 32.4 Å². The van der Waals surface area contributed by atoms with Gasteiger partial charge in [0.15, 0.2) is 18.1 Å². The minimum Gasteiger partial charge on any atom is -0.490 e. The molecule has 1 aromatic heterocycles. The van der Waals surface area contributed by atoms with E-state index in [4.69, 9.17) is 13.9 Å². The third-order valence-electron chi connectivity index (χ3n) is 4.53. The number of esters is 2. The highest BCUT2D eigenvalue weighted by molar-refractivity contribution is 14.1. The number of carbonyl (C=O) groups is 4. The van der Waals surface area contributed by atoms with Crippen LogP contribution in [0.15, 0.2) is 34.4 Å². The van der Waals surface area contributed by atoms with Gasteiger partial charge in [0.1, 0.15) is 11.5 Å². The number of hydrogen-bond acceptors (Lipinski definition) is 9. The van der Waals surface area contributed by atoms with Gasteiger partial charge in [0.2, 0.25) is 5.76 Å². The average molecular weight is 584 g/mol. The normalized spacial score (nSPS) is 14.2. The molecule has 34 heavy (non-hydrogen) atoms. The lowest BCUT2D eigenvalue weighted by molar-refractivity contribution is -0.143. The predicted molar refractivity (Wildman–Crippen MR) is 125 cm³/mol. The molecule has 0 saturated carbocycles. The van der Waals surface area contributed by atoms with Crippen LogP contribution in [-0.2, 0) is 25.6 Å². The summed E-state index contributed by atoms with van der Waals surface area (Å²) >= 11 is 2.02. The van der Waals surface area contributed by atoms with E-state index in [1.807, 2.05) is 22.6 Å². The van der Waals surface area contributed by atoms with E-state index in [2.05, 4.69) is 14.8 Å². The maximum absolute atomic E-state index is 12.8. The van der Waals surface area contributed by atoms with Gasteiger partial charge in [0.25, 0.3) is 5.91 Å². The van der Waals surface area contributed by atoms with Crippen molar-refractivity contribution in [1.82, 2.24) is 10.2 Å². The van der Waals surface area contributed by atoms with Gasteiger partial charge in [-0.05, 0) is 65.4 Å². The summed E-state index contributed by atoms with van der Waals surface area (Å²) in [6.07, 6.45) is 1.50. The van der Waals surface area contributed by atoms with Crippen LogP contribution in [-0.4, -0.2) is 56.2 Å². The molecule has 1 aliphatic heterocycles. The Labute approximate surface area is 208 Å². The van der Waals surface area contributed by atoms with Gasteiger partial charge in [-0.3, -0.25) is 9.69 Å². The number of carbonyl (C=O) groups excluding carboxylic acids is 4. The number of rotatable bonds is 9. The first kappa shape index (κ1) is 25.1. The Balaban J connectivity index is 1.81.